The van der Waals surface area contributed by atoms with Crippen molar-refractivity contribution in [3.63, 3.8) is 0 Å². The average molecular weight is 252 g/mol. The second-order valence-corrected chi connectivity index (χ2v) is 5.13. The largest absolute Gasteiger partial charge is 0.493 e. The van der Waals surface area contributed by atoms with E-state index in [1.54, 1.807) is 13.8 Å². The highest BCUT2D eigenvalue weighted by atomic mass is 16.5. The molecule has 0 unspecified atom stereocenters. The van der Waals surface area contributed by atoms with E-state index < -0.39 is 5.60 Å². The first-order chi connectivity index (χ1) is 8.38. The minimum atomic E-state index is -0.655. The van der Waals surface area contributed by atoms with Crippen LogP contribution in [0.4, 0.5) is 0 Å². The maximum atomic E-state index is 9.53. The first-order valence-corrected chi connectivity index (χ1v) is 6.83. The molecular formula is C16H28O2. The second kappa shape index (κ2) is 8.15. The van der Waals surface area contributed by atoms with Gasteiger partial charge in [-0.3, -0.25) is 0 Å². The molecule has 104 valence electrons. The number of aliphatic hydroxyl groups is 1. The van der Waals surface area contributed by atoms with Crippen LogP contribution in [0.2, 0.25) is 0 Å². The van der Waals surface area contributed by atoms with E-state index in [0.717, 1.165) is 5.75 Å². The van der Waals surface area contributed by atoms with Gasteiger partial charge in [-0.15, -0.1) is 0 Å². The smallest absolute Gasteiger partial charge is 0.119 e. The van der Waals surface area contributed by atoms with Crippen LogP contribution in [0.1, 0.15) is 59.4 Å². The maximum absolute atomic E-state index is 9.53. The van der Waals surface area contributed by atoms with E-state index >= 15 is 0 Å². The quantitative estimate of drug-likeness (QED) is 0.843. The Kier molecular flexibility index (Phi) is 7.69. The fourth-order valence-corrected chi connectivity index (χ4v) is 1.37. The third-order valence-electron chi connectivity index (χ3n) is 2.53. The van der Waals surface area contributed by atoms with Gasteiger partial charge < -0.3 is 9.84 Å². The van der Waals surface area contributed by atoms with E-state index in [9.17, 15) is 5.11 Å². The minimum absolute atomic E-state index is 0.546. The van der Waals surface area contributed by atoms with Gasteiger partial charge >= 0.3 is 0 Å². The van der Waals surface area contributed by atoms with Gasteiger partial charge in [0.15, 0.2) is 0 Å². The van der Waals surface area contributed by atoms with E-state index in [4.69, 9.17) is 4.74 Å². The van der Waals surface area contributed by atoms with E-state index in [1.807, 2.05) is 26.0 Å². The van der Waals surface area contributed by atoms with Gasteiger partial charge in [-0.2, -0.15) is 0 Å². The lowest BCUT2D eigenvalue weighted by Crippen LogP contribution is -2.21. The molecule has 0 atom stereocenters. The number of hydrogen-bond acceptors (Lipinski definition) is 2. The summed E-state index contributed by atoms with van der Waals surface area (Å²) in [5.41, 5.74) is 0.660. The molecule has 1 aromatic carbocycles. The Bertz CT molecular complexity index is 307. The molecule has 0 bridgehead atoms. The van der Waals surface area contributed by atoms with Crippen molar-refractivity contribution in [2.45, 2.75) is 59.5 Å². The lowest BCUT2D eigenvalue weighted by atomic mass is 10.0. The minimum Gasteiger partial charge on any atom is -0.493 e. The Morgan fingerprint density at radius 3 is 2.00 bits per heavy atom. The lowest BCUT2D eigenvalue weighted by Gasteiger charge is -2.17. The van der Waals surface area contributed by atoms with Gasteiger partial charge in [0.25, 0.3) is 0 Å². The fraction of sp³-hybridized carbons (Fsp3) is 0.625. The lowest BCUT2D eigenvalue weighted by molar-refractivity contribution is 0.0553. The van der Waals surface area contributed by atoms with Crippen LogP contribution in [0.25, 0.3) is 0 Å². The first-order valence-electron chi connectivity index (χ1n) is 6.83. The summed E-state index contributed by atoms with van der Waals surface area (Å²) in [4.78, 5) is 0. The third kappa shape index (κ3) is 7.33. The van der Waals surface area contributed by atoms with Crippen LogP contribution < -0.4 is 4.74 Å². The SMILES string of the molecule is CC.CC(C)c1ccc(OCCC(C)(C)O)cc1. The van der Waals surface area contributed by atoms with Gasteiger partial charge in [0.1, 0.15) is 5.75 Å². The number of rotatable bonds is 5. The van der Waals surface area contributed by atoms with Crippen molar-refractivity contribution < 1.29 is 9.84 Å². The summed E-state index contributed by atoms with van der Waals surface area (Å²) < 4.78 is 5.56. The molecule has 2 nitrogen and oxygen atoms in total. The van der Waals surface area contributed by atoms with Crippen LogP contribution in [0.3, 0.4) is 0 Å². The summed E-state index contributed by atoms with van der Waals surface area (Å²) >= 11 is 0. The highest BCUT2D eigenvalue weighted by Gasteiger charge is 2.11. The van der Waals surface area contributed by atoms with Crippen LogP contribution in [0.15, 0.2) is 24.3 Å². The van der Waals surface area contributed by atoms with Crippen molar-refractivity contribution in [3.8, 4) is 5.75 Å². The van der Waals surface area contributed by atoms with Crippen molar-refractivity contribution in [3.05, 3.63) is 29.8 Å². The molecule has 0 amide bonds. The molecule has 0 fully saturated rings. The Balaban J connectivity index is 0.00000137. The van der Waals surface area contributed by atoms with Gasteiger partial charge in [0.2, 0.25) is 0 Å². The van der Waals surface area contributed by atoms with Crippen LogP contribution in [0.5, 0.6) is 5.75 Å². The molecule has 1 aromatic rings. The molecule has 18 heavy (non-hydrogen) atoms. The number of benzene rings is 1. The maximum Gasteiger partial charge on any atom is 0.119 e. The molecule has 0 spiro atoms. The molecule has 1 N–H and O–H groups in total. The normalized spacial score (nSPS) is 10.9. The molecule has 0 radical (unpaired) electrons. The van der Waals surface area contributed by atoms with E-state index in [1.165, 1.54) is 5.56 Å². The Morgan fingerprint density at radius 1 is 1.11 bits per heavy atom. The topological polar surface area (TPSA) is 29.5 Å². The highest BCUT2D eigenvalue weighted by molar-refractivity contribution is 5.28. The third-order valence-corrected chi connectivity index (χ3v) is 2.53. The van der Waals surface area contributed by atoms with Crippen molar-refractivity contribution in [2.24, 2.45) is 0 Å². The van der Waals surface area contributed by atoms with Gasteiger partial charge in [-0.25, -0.2) is 0 Å². The van der Waals surface area contributed by atoms with E-state index in [0.29, 0.717) is 18.9 Å². The van der Waals surface area contributed by atoms with Crippen LogP contribution in [-0.2, 0) is 0 Å². The number of hydrogen-bond donors (Lipinski definition) is 1. The summed E-state index contributed by atoms with van der Waals surface area (Å²) in [6, 6.07) is 8.15. The van der Waals surface area contributed by atoms with Gasteiger partial charge in [0, 0.05) is 6.42 Å². The highest BCUT2D eigenvalue weighted by Crippen LogP contribution is 2.19. The number of ether oxygens (including phenoxy) is 1. The monoisotopic (exact) mass is 252 g/mol. The average Bonchev–Trinajstić information content (AvgIpc) is 2.30. The zero-order valence-electron chi connectivity index (χ0n) is 12.7. The van der Waals surface area contributed by atoms with Crippen molar-refractivity contribution in [1.82, 2.24) is 0 Å². The summed E-state index contributed by atoms with van der Waals surface area (Å²) in [6.45, 7) is 12.5. The molecule has 0 saturated carbocycles. The Morgan fingerprint density at radius 2 is 1.61 bits per heavy atom. The molecule has 0 aliphatic carbocycles. The van der Waals surface area contributed by atoms with Crippen LogP contribution in [0, 0.1) is 0 Å². The van der Waals surface area contributed by atoms with Gasteiger partial charge in [0.05, 0.1) is 12.2 Å². The van der Waals surface area contributed by atoms with Crippen LogP contribution >= 0.6 is 0 Å². The predicted molar refractivity (Wildman–Crippen MR) is 78.3 cm³/mol. The molecule has 0 heterocycles. The molecule has 0 aromatic heterocycles. The van der Waals surface area contributed by atoms with E-state index in [2.05, 4.69) is 26.0 Å². The zero-order chi connectivity index (χ0) is 14.2. The molecule has 2 heteroatoms. The van der Waals surface area contributed by atoms with Crippen LogP contribution in [-0.4, -0.2) is 17.3 Å². The van der Waals surface area contributed by atoms with Gasteiger partial charge in [-0.1, -0.05) is 39.8 Å². The van der Waals surface area contributed by atoms with Crippen molar-refractivity contribution in [2.75, 3.05) is 6.61 Å². The van der Waals surface area contributed by atoms with Gasteiger partial charge in [-0.05, 0) is 37.5 Å². The summed E-state index contributed by atoms with van der Waals surface area (Å²) in [7, 11) is 0. The van der Waals surface area contributed by atoms with E-state index in [-0.39, 0.29) is 0 Å². The fourth-order valence-electron chi connectivity index (χ4n) is 1.37. The summed E-state index contributed by atoms with van der Waals surface area (Å²) in [5.74, 6) is 1.42. The van der Waals surface area contributed by atoms with Crippen molar-refractivity contribution in [1.29, 1.82) is 0 Å². The summed E-state index contributed by atoms with van der Waals surface area (Å²) in [5, 5.41) is 9.53. The second-order valence-electron chi connectivity index (χ2n) is 5.13. The molecule has 0 aliphatic rings. The Hall–Kier alpha value is -1.02. The summed E-state index contributed by atoms with van der Waals surface area (Å²) in [6.07, 6.45) is 0.638. The molecule has 0 aliphatic heterocycles. The molecule has 1 rings (SSSR count). The Labute approximate surface area is 112 Å². The predicted octanol–water partition coefficient (Wildman–Crippen LogP) is 4.38. The standard InChI is InChI=1S/C14H22O2.C2H6/c1-11(2)12-5-7-13(8-6-12)16-10-9-14(3,4)15;1-2/h5-8,11,15H,9-10H2,1-4H3;1-2H3. The first kappa shape index (κ1) is 17.0. The zero-order valence-corrected chi connectivity index (χ0v) is 12.7. The molecular weight excluding hydrogens is 224 g/mol. The van der Waals surface area contributed by atoms with Crippen molar-refractivity contribution >= 4 is 0 Å². The molecule has 0 saturated heterocycles.